The first-order valence-electron chi connectivity index (χ1n) is 9.36. The molecule has 0 saturated heterocycles. The van der Waals surface area contributed by atoms with Crippen LogP contribution in [-0.2, 0) is 4.79 Å². The Morgan fingerprint density at radius 3 is 2.42 bits per heavy atom. The second-order valence-corrected chi connectivity index (χ2v) is 7.17. The summed E-state index contributed by atoms with van der Waals surface area (Å²) in [7, 11) is 3.04. The topological polar surface area (TPSA) is 73.9 Å². The zero-order chi connectivity index (χ0) is 22.0. The smallest absolute Gasteiger partial charge is 0.343 e. The number of rotatable bonds is 5. The van der Waals surface area contributed by atoms with E-state index in [-0.39, 0.29) is 11.7 Å². The van der Waals surface area contributed by atoms with Gasteiger partial charge in [-0.2, -0.15) is 0 Å². The van der Waals surface area contributed by atoms with Crippen molar-refractivity contribution in [1.29, 1.82) is 0 Å². The molecule has 1 N–H and O–H groups in total. The van der Waals surface area contributed by atoms with E-state index in [4.69, 9.17) is 25.8 Å². The summed E-state index contributed by atoms with van der Waals surface area (Å²) in [5.41, 5.74) is 3.04. The van der Waals surface area contributed by atoms with Crippen molar-refractivity contribution < 1.29 is 23.8 Å². The van der Waals surface area contributed by atoms with E-state index in [1.165, 1.54) is 7.11 Å². The van der Waals surface area contributed by atoms with Gasteiger partial charge in [0, 0.05) is 16.2 Å². The predicted molar refractivity (Wildman–Crippen MR) is 119 cm³/mol. The van der Waals surface area contributed by atoms with Gasteiger partial charge >= 0.3 is 5.97 Å². The summed E-state index contributed by atoms with van der Waals surface area (Å²) >= 11 is 6.00. The molecule has 7 heteroatoms. The van der Waals surface area contributed by atoms with Crippen LogP contribution in [0, 0.1) is 0 Å². The summed E-state index contributed by atoms with van der Waals surface area (Å²) in [6.45, 7) is 0. The minimum Gasteiger partial charge on any atom is -0.497 e. The van der Waals surface area contributed by atoms with Crippen molar-refractivity contribution in [2.75, 3.05) is 19.5 Å². The molecule has 0 fully saturated rings. The van der Waals surface area contributed by atoms with Gasteiger partial charge in [-0.1, -0.05) is 23.7 Å². The fraction of sp³-hybridized carbons (Fsp3) is 0.0833. The van der Waals surface area contributed by atoms with Crippen LogP contribution >= 0.6 is 11.6 Å². The molecule has 0 aromatic heterocycles. The fourth-order valence-corrected chi connectivity index (χ4v) is 3.39. The van der Waals surface area contributed by atoms with Crippen molar-refractivity contribution in [3.63, 3.8) is 0 Å². The van der Waals surface area contributed by atoms with Crippen LogP contribution in [0.15, 0.2) is 60.7 Å². The van der Waals surface area contributed by atoms with Gasteiger partial charge in [0.05, 0.1) is 25.5 Å². The van der Waals surface area contributed by atoms with Gasteiger partial charge in [-0.25, -0.2) is 4.79 Å². The summed E-state index contributed by atoms with van der Waals surface area (Å²) in [4.78, 5) is 24.8. The van der Waals surface area contributed by atoms with Crippen molar-refractivity contribution in [1.82, 2.24) is 0 Å². The summed E-state index contributed by atoms with van der Waals surface area (Å²) in [6, 6.07) is 16.9. The highest BCUT2D eigenvalue weighted by Crippen LogP contribution is 2.36. The Balaban J connectivity index is 1.59. The number of halogens is 1. The van der Waals surface area contributed by atoms with Gasteiger partial charge in [-0.15, -0.1) is 0 Å². The Bertz CT molecular complexity index is 1200. The molecule has 3 aromatic carbocycles. The fourth-order valence-electron chi connectivity index (χ4n) is 3.22. The summed E-state index contributed by atoms with van der Waals surface area (Å²) in [5, 5.41) is 3.35. The number of methoxy groups -OCH3 is 2. The second-order valence-electron chi connectivity index (χ2n) is 6.73. The third-order valence-corrected chi connectivity index (χ3v) is 5.03. The average Bonchev–Trinajstić information content (AvgIpc) is 3.08. The lowest BCUT2D eigenvalue weighted by Crippen LogP contribution is -2.09. The van der Waals surface area contributed by atoms with Crippen LogP contribution < -0.4 is 19.5 Å². The number of fused-ring (bicyclic) bond motifs is 1. The Morgan fingerprint density at radius 2 is 1.71 bits per heavy atom. The van der Waals surface area contributed by atoms with Crippen LogP contribution in [0.5, 0.6) is 17.2 Å². The largest absolute Gasteiger partial charge is 0.497 e. The molecule has 0 unspecified atom stereocenters. The molecule has 0 radical (unpaired) electrons. The van der Waals surface area contributed by atoms with Crippen LogP contribution in [0.4, 0.5) is 5.69 Å². The van der Waals surface area contributed by atoms with E-state index in [2.05, 4.69) is 5.32 Å². The summed E-state index contributed by atoms with van der Waals surface area (Å²) in [6.07, 6.45) is 1.74. The number of benzene rings is 3. The maximum atomic E-state index is 12.5. The number of anilines is 1. The Morgan fingerprint density at radius 1 is 0.935 bits per heavy atom. The molecule has 1 aliphatic heterocycles. The van der Waals surface area contributed by atoms with E-state index in [9.17, 15) is 9.59 Å². The maximum Gasteiger partial charge on any atom is 0.343 e. The number of esters is 1. The highest BCUT2D eigenvalue weighted by atomic mass is 35.5. The minimum absolute atomic E-state index is 0.216. The van der Waals surface area contributed by atoms with E-state index in [1.54, 1.807) is 73.8 Å². The van der Waals surface area contributed by atoms with Crippen molar-refractivity contribution in [2.24, 2.45) is 0 Å². The SMILES string of the molecule is COc1ccc(C(=O)Oc2ccc(C=C3C(=O)Nc4cc(Cl)ccc43)cc2OC)cc1. The molecule has 4 rings (SSSR count). The monoisotopic (exact) mass is 435 g/mol. The number of hydrogen-bond acceptors (Lipinski definition) is 5. The number of nitrogens with one attached hydrogen (secondary N) is 1. The molecule has 0 atom stereocenters. The van der Waals surface area contributed by atoms with Gasteiger partial charge in [-0.05, 0) is 60.2 Å². The average molecular weight is 436 g/mol. The van der Waals surface area contributed by atoms with Crippen molar-refractivity contribution in [2.45, 2.75) is 0 Å². The third-order valence-electron chi connectivity index (χ3n) is 4.79. The normalized spacial score (nSPS) is 13.5. The molecule has 1 heterocycles. The molecule has 0 bridgehead atoms. The zero-order valence-corrected chi connectivity index (χ0v) is 17.5. The Hall–Kier alpha value is -3.77. The molecule has 0 saturated carbocycles. The van der Waals surface area contributed by atoms with Gasteiger partial charge < -0.3 is 19.5 Å². The molecule has 1 amide bonds. The van der Waals surface area contributed by atoms with Gasteiger partial charge in [0.25, 0.3) is 5.91 Å². The van der Waals surface area contributed by atoms with Gasteiger partial charge in [0.1, 0.15) is 5.75 Å². The lowest BCUT2D eigenvalue weighted by atomic mass is 10.0. The maximum absolute atomic E-state index is 12.5. The van der Waals surface area contributed by atoms with Crippen molar-refractivity contribution in [3.05, 3.63) is 82.4 Å². The molecule has 31 heavy (non-hydrogen) atoms. The van der Waals surface area contributed by atoms with E-state index in [0.29, 0.717) is 38.9 Å². The predicted octanol–water partition coefficient (Wildman–Crippen LogP) is 5.07. The van der Waals surface area contributed by atoms with Crippen molar-refractivity contribution in [3.8, 4) is 17.2 Å². The highest BCUT2D eigenvalue weighted by Gasteiger charge is 2.24. The third kappa shape index (κ3) is 4.25. The molecular weight excluding hydrogens is 418 g/mol. The molecule has 156 valence electrons. The van der Waals surface area contributed by atoms with E-state index in [1.807, 2.05) is 0 Å². The lowest BCUT2D eigenvalue weighted by molar-refractivity contribution is -0.110. The van der Waals surface area contributed by atoms with Gasteiger partial charge in [-0.3, -0.25) is 4.79 Å². The number of carbonyl (C=O) groups excluding carboxylic acids is 2. The number of carbonyl (C=O) groups is 2. The Labute approximate surface area is 184 Å². The lowest BCUT2D eigenvalue weighted by Gasteiger charge is -2.10. The number of hydrogen-bond donors (Lipinski definition) is 1. The molecule has 0 aliphatic carbocycles. The molecule has 6 nitrogen and oxygen atoms in total. The van der Waals surface area contributed by atoms with E-state index < -0.39 is 5.97 Å². The van der Waals surface area contributed by atoms with Crippen LogP contribution in [0.2, 0.25) is 5.02 Å². The zero-order valence-electron chi connectivity index (χ0n) is 16.8. The summed E-state index contributed by atoms with van der Waals surface area (Å²) < 4.78 is 16.0. The molecule has 0 spiro atoms. The van der Waals surface area contributed by atoms with Crippen LogP contribution in [0.3, 0.4) is 0 Å². The first-order chi connectivity index (χ1) is 15.0. The highest BCUT2D eigenvalue weighted by molar-refractivity contribution is 6.36. The minimum atomic E-state index is -0.520. The first-order valence-corrected chi connectivity index (χ1v) is 9.73. The number of ether oxygens (including phenoxy) is 3. The quantitative estimate of drug-likeness (QED) is 0.344. The van der Waals surface area contributed by atoms with E-state index >= 15 is 0 Å². The van der Waals surface area contributed by atoms with Crippen LogP contribution in [0.25, 0.3) is 11.6 Å². The number of amides is 1. The van der Waals surface area contributed by atoms with Crippen LogP contribution in [0.1, 0.15) is 21.5 Å². The summed E-state index contributed by atoms with van der Waals surface area (Å²) in [5.74, 6) is 0.546. The van der Waals surface area contributed by atoms with Crippen LogP contribution in [-0.4, -0.2) is 26.1 Å². The van der Waals surface area contributed by atoms with E-state index in [0.717, 1.165) is 5.56 Å². The molecule has 1 aliphatic rings. The first kappa shape index (κ1) is 20.5. The standard InChI is InChI=1S/C24H18ClNO5/c1-29-17-7-4-15(5-8-17)24(28)31-21-10-3-14(12-22(21)30-2)11-19-18-9-6-16(25)13-20(18)26-23(19)27/h3-13H,1-2H3,(H,26,27). The van der Waals surface area contributed by atoms with Crippen molar-refractivity contribution >= 4 is 40.8 Å². The second kappa shape index (κ2) is 8.53. The van der Waals surface area contributed by atoms with Gasteiger partial charge in [0.2, 0.25) is 0 Å². The molecular formula is C24H18ClNO5. The Kier molecular flexibility index (Phi) is 5.64. The molecule has 3 aromatic rings. The van der Waals surface area contributed by atoms with Gasteiger partial charge in [0.15, 0.2) is 11.5 Å².